The molecule has 0 aliphatic rings. The molecule has 3 heteroatoms. The first kappa shape index (κ1) is 13.8. The van der Waals surface area contributed by atoms with Gasteiger partial charge in [-0.15, -0.1) is 0 Å². The zero-order valence-electron chi connectivity index (χ0n) is 11.6. The number of hydrogen-bond donors (Lipinski definition) is 1. The number of anilines is 1. The number of benzene rings is 1. The Hall–Kier alpha value is -1.22. The molecule has 0 heterocycles. The maximum absolute atomic E-state index is 5.53. The molecule has 0 amide bonds. The number of nitrogens with zero attached hydrogens (tertiary/aromatic N) is 1. The maximum atomic E-state index is 5.53. The van der Waals surface area contributed by atoms with Crippen LogP contribution < -0.4 is 15.0 Å². The van der Waals surface area contributed by atoms with Crippen molar-refractivity contribution in [2.24, 2.45) is 0 Å². The Balaban J connectivity index is 2.85. The average molecular weight is 236 g/mol. The van der Waals surface area contributed by atoms with Crippen LogP contribution in [0.1, 0.15) is 17.5 Å². The van der Waals surface area contributed by atoms with Crippen molar-refractivity contribution in [2.75, 3.05) is 39.2 Å². The third-order valence-corrected chi connectivity index (χ3v) is 3.19. The minimum Gasteiger partial charge on any atom is -0.494 e. The number of nitrogens with one attached hydrogen (secondary N) is 1. The Labute approximate surface area is 105 Å². The summed E-state index contributed by atoms with van der Waals surface area (Å²) in [5.41, 5.74) is 3.67. The third-order valence-electron chi connectivity index (χ3n) is 3.19. The number of methoxy groups -OCH3 is 1. The third kappa shape index (κ3) is 3.37. The smallest absolute Gasteiger partial charge is 0.145 e. The fourth-order valence-corrected chi connectivity index (χ4v) is 1.95. The second kappa shape index (κ2) is 6.50. The molecule has 1 aromatic carbocycles. The lowest BCUT2D eigenvalue weighted by atomic mass is 10.1. The van der Waals surface area contributed by atoms with Crippen molar-refractivity contribution in [1.82, 2.24) is 5.32 Å². The van der Waals surface area contributed by atoms with Crippen molar-refractivity contribution in [3.8, 4) is 5.75 Å². The molecular weight excluding hydrogens is 212 g/mol. The van der Waals surface area contributed by atoms with E-state index in [0.29, 0.717) is 0 Å². The van der Waals surface area contributed by atoms with Gasteiger partial charge in [-0.1, -0.05) is 6.07 Å². The van der Waals surface area contributed by atoms with Crippen LogP contribution in [0.25, 0.3) is 0 Å². The van der Waals surface area contributed by atoms with Crippen LogP contribution in [0.5, 0.6) is 5.75 Å². The highest BCUT2D eigenvalue weighted by molar-refractivity contribution is 5.63. The fraction of sp³-hybridized carbons (Fsp3) is 0.571. The molecule has 0 aliphatic heterocycles. The van der Waals surface area contributed by atoms with Crippen LogP contribution in [0.4, 0.5) is 5.69 Å². The molecule has 0 spiro atoms. The largest absolute Gasteiger partial charge is 0.494 e. The van der Waals surface area contributed by atoms with E-state index >= 15 is 0 Å². The Morgan fingerprint density at radius 3 is 2.59 bits per heavy atom. The molecule has 0 unspecified atom stereocenters. The van der Waals surface area contributed by atoms with Crippen LogP contribution in [-0.4, -0.2) is 34.3 Å². The van der Waals surface area contributed by atoms with Crippen LogP contribution in [0.3, 0.4) is 0 Å². The highest BCUT2D eigenvalue weighted by Gasteiger charge is 2.11. The van der Waals surface area contributed by atoms with Gasteiger partial charge in [0, 0.05) is 13.6 Å². The predicted octanol–water partition coefficient (Wildman–Crippen LogP) is 2.36. The summed E-state index contributed by atoms with van der Waals surface area (Å²) in [7, 11) is 5.84. The lowest BCUT2D eigenvalue weighted by Crippen LogP contribution is -2.22. The summed E-state index contributed by atoms with van der Waals surface area (Å²) in [6, 6.07) is 4.29. The molecule has 0 radical (unpaired) electrons. The van der Waals surface area contributed by atoms with E-state index in [-0.39, 0.29) is 0 Å². The summed E-state index contributed by atoms with van der Waals surface area (Å²) in [4.78, 5) is 2.25. The van der Waals surface area contributed by atoms with Crippen LogP contribution >= 0.6 is 0 Å². The van der Waals surface area contributed by atoms with Gasteiger partial charge in [-0.3, -0.25) is 0 Å². The monoisotopic (exact) mass is 236 g/mol. The molecule has 96 valence electrons. The lowest BCUT2D eigenvalue weighted by molar-refractivity contribution is 0.411. The quantitative estimate of drug-likeness (QED) is 0.767. The summed E-state index contributed by atoms with van der Waals surface area (Å²) >= 11 is 0. The van der Waals surface area contributed by atoms with Gasteiger partial charge < -0.3 is 15.0 Å². The van der Waals surface area contributed by atoms with Gasteiger partial charge in [0.05, 0.1) is 12.8 Å². The van der Waals surface area contributed by atoms with Crippen LogP contribution in [0, 0.1) is 13.8 Å². The lowest BCUT2D eigenvalue weighted by Gasteiger charge is -2.23. The summed E-state index contributed by atoms with van der Waals surface area (Å²) in [6.07, 6.45) is 1.13. The van der Waals surface area contributed by atoms with Crippen LogP contribution in [0.2, 0.25) is 0 Å². The Morgan fingerprint density at radius 2 is 2.00 bits per heavy atom. The molecule has 1 N–H and O–H groups in total. The summed E-state index contributed by atoms with van der Waals surface area (Å²) < 4.78 is 5.53. The standard InChI is InChI=1S/C14H24N2O/c1-11-7-8-13(14(17-5)12(11)2)16(4)10-6-9-15-3/h7-8,15H,6,9-10H2,1-5H3. The zero-order valence-corrected chi connectivity index (χ0v) is 11.6. The second-order valence-corrected chi connectivity index (χ2v) is 4.44. The van der Waals surface area contributed by atoms with Gasteiger partial charge in [0.25, 0.3) is 0 Å². The highest BCUT2D eigenvalue weighted by Crippen LogP contribution is 2.32. The van der Waals surface area contributed by atoms with E-state index < -0.39 is 0 Å². The fourth-order valence-electron chi connectivity index (χ4n) is 1.95. The molecule has 1 aromatic rings. The van der Waals surface area contributed by atoms with Crippen molar-refractivity contribution >= 4 is 5.69 Å². The molecule has 17 heavy (non-hydrogen) atoms. The first-order chi connectivity index (χ1) is 8.11. The summed E-state index contributed by atoms with van der Waals surface area (Å²) in [6.45, 7) is 6.29. The van der Waals surface area contributed by atoms with E-state index in [9.17, 15) is 0 Å². The van der Waals surface area contributed by atoms with Gasteiger partial charge >= 0.3 is 0 Å². The molecule has 3 nitrogen and oxygen atoms in total. The number of hydrogen-bond acceptors (Lipinski definition) is 3. The molecule has 0 saturated heterocycles. The van der Waals surface area contributed by atoms with Crippen molar-refractivity contribution in [3.05, 3.63) is 23.3 Å². The number of rotatable bonds is 6. The highest BCUT2D eigenvalue weighted by atomic mass is 16.5. The zero-order chi connectivity index (χ0) is 12.8. The second-order valence-electron chi connectivity index (χ2n) is 4.44. The van der Waals surface area contributed by atoms with Gasteiger partial charge in [0.1, 0.15) is 5.75 Å². The van der Waals surface area contributed by atoms with E-state index in [4.69, 9.17) is 4.74 Å². The van der Waals surface area contributed by atoms with Crippen molar-refractivity contribution in [3.63, 3.8) is 0 Å². The number of aryl methyl sites for hydroxylation is 1. The van der Waals surface area contributed by atoms with Gasteiger partial charge in [-0.05, 0) is 51.1 Å². The Kier molecular flexibility index (Phi) is 5.29. The average Bonchev–Trinajstić information content (AvgIpc) is 2.32. The molecule has 0 saturated carbocycles. The minimum atomic E-state index is 0.997. The summed E-state index contributed by atoms with van der Waals surface area (Å²) in [5.74, 6) is 0.997. The topological polar surface area (TPSA) is 24.5 Å². The molecule has 1 rings (SSSR count). The molecule has 0 bridgehead atoms. The Morgan fingerprint density at radius 1 is 1.29 bits per heavy atom. The van der Waals surface area contributed by atoms with Gasteiger partial charge in [-0.25, -0.2) is 0 Å². The summed E-state index contributed by atoms with van der Waals surface area (Å²) in [5, 5.41) is 3.17. The van der Waals surface area contributed by atoms with Gasteiger partial charge in [-0.2, -0.15) is 0 Å². The van der Waals surface area contributed by atoms with Crippen molar-refractivity contribution < 1.29 is 4.74 Å². The molecule has 0 aromatic heterocycles. The van der Waals surface area contributed by atoms with E-state index in [1.807, 2.05) is 7.05 Å². The normalized spacial score (nSPS) is 10.4. The first-order valence-electron chi connectivity index (χ1n) is 6.11. The van der Waals surface area contributed by atoms with Crippen molar-refractivity contribution in [1.29, 1.82) is 0 Å². The van der Waals surface area contributed by atoms with Gasteiger partial charge in [0.2, 0.25) is 0 Å². The van der Waals surface area contributed by atoms with Gasteiger partial charge in [0.15, 0.2) is 0 Å². The maximum Gasteiger partial charge on any atom is 0.145 e. The van der Waals surface area contributed by atoms with E-state index in [2.05, 4.69) is 43.2 Å². The Bertz CT molecular complexity index is 363. The van der Waals surface area contributed by atoms with E-state index in [1.165, 1.54) is 16.8 Å². The van der Waals surface area contributed by atoms with Crippen molar-refractivity contribution in [2.45, 2.75) is 20.3 Å². The minimum absolute atomic E-state index is 0.997. The molecular formula is C14H24N2O. The predicted molar refractivity (Wildman–Crippen MR) is 74.3 cm³/mol. The van der Waals surface area contributed by atoms with E-state index in [0.717, 1.165) is 25.3 Å². The van der Waals surface area contributed by atoms with Crippen LogP contribution in [-0.2, 0) is 0 Å². The molecule has 0 fully saturated rings. The molecule has 0 atom stereocenters. The molecule has 0 aliphatic carbocycles. The SMILES string of the molecule is CNCCCN(C)c1ccc(C)c(C)c1OC. The van der Waals surface area contributed by atoms with E-state index in [1.54, 1.807) is 7.11 Å². The van der Waals surface area contributed by atoms with Crippen LogP contribution in [0.15, 0.2) is 12.1 Å². The first-order valence-corrected chi connectivity index (χ1v) is 6.11. The number of ether oxygens (including phenoxy) is 1.